The minimum absolute atomic E-state index is 0.0368. The summed E-state index contributed by atoms with van der Waals surface area (Å²) < 4.78 is 15.8. The van der Waals surface area contributed by atoms with Gasteiger partial charge in [0.15, 0.2) is 23.2 Å². The lowest BCUT2D eigenvalue weighted by Gasteiger charge is -2.27. The molecule has 0 radical (unpaired) electrons. The van der Waals surface area contributed by atoms with E-state index < -0.39 is 17.8 Å². The van der Waals surface area contributed by atoms with E-state index in [9.17, 15) is 14.4 Å². The Morgan fingerprint density at radius 1 is 1.21 bits per heavy atom. The summed E-state index contributed by atoms with van der Waals surface area (Å²) in [5.74, 6) is -0.881. The molecule has 9 heteroatoms. The molecule has 0 aromatic heterocycles. The molecule has 1 saturated heterocycles. The molecule has 1 N–H and O–H groups in total. The van der Waals surface area contributed by atoms with Crippen LogP contribution in [0.25, 0.3) is 6.08 Å². The molecule has 0 saturated carbocycles. The van der Waals surface area contributed by atoms with Crippen molar-refractivity contribution in [1.29, 1.82) is 0 Å². The van der Waals surface area contributed by atoms with Gasteiger partial charge in [0.25, 0.3) is 11.8 Å². The van der Waals surface area contributed by atoms with E-state index >= 15 is 0 Å². The van der Waals surface area contributed by atoms with Crippen LogP contribution in [-0.2, 0) is 19.1 Å². The Morgan fingerprint density at radius 3 is 2.62 bits per heavy atom. The van der Waals surface area contributed by atoms with Crippen molar-refractivity contribution >= 4 is 41.2 Å². The van der Waals surface area contributed by atoms with Crippen LogP contribution in [0, 0.1) is 0 Å². The number of esters is 1. The van der Waals surface area contributed by atoms with Crippen molar-refractivity contribution in [3.05, 3.63) is 42.0 Å². The van der Waals surface area contributed by atoms with E-state index in [0.717, 1.165) is 0 Å². The second-order valence-corrected chi connectivity index (χ2v) is 6.14. The second kappa shape index (κ2) is 10.4. The Labute approximate surface area is 174 Å². The van der Waals surface area contributed by atoms with Crippen LogP contribution in [0.1, 0.15) is 19.4 Å². The number of rotatable bonds is 9. The predicted molar refractivity (Wildman–Crippen MR) is 110 cm³/mol. The molecular formula is C20H22N2O6S. The van der Waals surface area contributed by atoms with Gasteiger partial charge in [0.05, 0.1) is 13.2 Å². The molecule has 29 heavy (non-hydrogen) atoms. The smallest absolute Gasteiger partial charge is 0.344 e. The largest absolute Gasteiger partial charge is 0.490 e. The highest BCUT2D eigenvalue weighted by molar-refractivity contribution is 7.80. The molecule has 0 spiro atoms. The Hall–Kier alpha value is -3.20. The summed E-state index contributed by atoms with van der Waals surface area (Å²) in [7, 11) is 0. The zero-order chi connectivity index (χ0) is 21.4. The third-order valence-corrected chi connectivity index (χ3v) is 4.05. The Kier molecular flexibility index (Phi) is 7.90. The molecule has 1 aliphatic heterocycles. The zero-order valence-electron chi connectivity index (χ0n) is 16.2. The first-order chi connectivity index (χ1) is 13.9. The van der Waals surface area contributed by atoms with E-state index in [1.807, 2.05) is 0 Å². The molecule has 8 nitrogen and oxygen atoms in total. The lowest BCUT2D eigenvalue weighted by molar-refractivity contribution is -0.145. The highest BCUT2D eigenvalue weighted by Crippen LogP contribution is 2.30. The number of benzene rings is 1. The fourth-order valence-electron chi connectivity index (χ4n) is 2.50. The van der Waals surface area contributed by atoms with Gasteiger partial charge in [0, 0.05) is 6.54 Å². The molecule has 1 fully saturated rings. The summed E-state index contributed by atoms with van der Waals surface area (Å²) in [4.78, 5) is 37.6. The number of ether oxygens (including phenoxy) is 3. The summed E-state index contributed by atoms with van der Waals surface area (Å²) in [5.41, 5.74) is 0.477. The van der Waals surface area contributed by atoms with E-state index in [1.54, 1.807) is 32.0 Å². The van der Waals surface area contributed by atoms with Crippen molar-refractivity contribution < 1.29 is 28.6 Å². The summed E-state index contributed by atoms with van der Waals surface area (Å²) in [6.45, 7) is 7.63. The van der Waals surface area contributed by atoms with Gasteiger partial charge in [0.1, 0.15) is 5.57 Å². The van der Waals surface area contributed by atoms with Crippen LogP contribution < -0.4 is 14.8 Å². The predicted octanol–water partition coefficient (Wildman–Crippen LogP) is 1.84. The number of hydrogen-bond donors (Lipinski definition) is 1. The number of amides is 2. The molecule has 2 rings (SSSR count). The first-order valence-corrected chi connectivity index (χ1v) is 9.37. The van der Waals surface area contributed by atoms with Gasteiger partial charge in [-0.2, -0.15) is 0 Å². The van der Waals surface area contributed by atoms with E-state index in [1.165, 1.54) is 17.1 Å². The maximum Gasteiger partial charge on any atom is 0.344 e. The number of hydrogen-bond acceptors (Lipinski definition) is 7. The average molecular weight is 418 g/mol. The maximum absolute atomic E-state index is 12.6. The summed E-state index contributed by atoms with van der Waals surface area (Å²) in [6, 6.07) is 4.84. The Balaban J connectivity index is 2.29. The van der Waals surface area contributed by atoms with Gasteiger partial charge < -0.3 is 14.2 Å². The SMILES string of the molecule is C=CCN1C(=O)C(=Cc2ccc(OCC(=O)OCC)c(OCC)c2)C(=O)NC1=S. The van der Waals surface area contributed by atoms with Crippen molar-refractivity contribution in [3.63, 3.8) is 0 Å². The highest BCUT2D eigenvalue weighted by Gasteiger charge is 2.32. The van der Waals surface area contributed by atoms with Crippen LogP contribution in [0.3, 0.4) is 0 Å². The molecule has 1 aromatic rings. The second-order valence-electron chi connectivity index (χ2n) is 5.75. The molecule has 1 heterocycles. The number of nitrogens with one attached hydrogen (secondary N) is 1. The number of carbonyl (C=O) groups is 3. The quantitative estimate of drug-likeness (QED) is 0.215. The molecule has 0 atom stereocenters. The summed E-state index contributed by atoms with van der Waals surface area (Å²) in [5, 5.41) is 2.52. The van der Waals surface area contributed by atoms with Crippen LogP contribution in [0.5, 0.6) is 11.5 Å². The van der Waals surface area contributed by atoms with Crippen LogP contribution >= 0.6 is 12.2 Å². The fraction of sp³-hybridized carbons (Fsp3) is 0.300. The van der Waals surface area contributed by atoms with Gasteiger partial charge in [-0.25, -0.2) is 4.79 Å². The standard InChI is InChI=1S/C20H22N2O6S/c1-4-9-22-19(25)14(18(24)21-20(22)29)10-13-7-8-15(16(11-13)26-5-2)28-12-17(23)27-6-3/h4,7-8,10-11H,1,5-6,9,12H2,2-3H3,(H,21,24,29). The van der Waals surface area contributed by atoms with Crippen molar-refractivity contribution in [2.24, 2.45) is 0 Å². The average Bonchev–Trinajstić information content (AvgIpc) is 2.68. The van der Waals surface area contributed by atoms with Crippen LogP contribution in [0.2, 0.25) is 0 Å². The summed E-state index contributed by atoms with van der Waals surface area (Å²) in [6.07, 6.45) is 2.95. The minimum Gasteiger partial charge on any atom is -0.490 e. The van der Waals surface area contributed by atoms with Crippen molar-refractivity contribution in [1.82, 2.24) is 10.2 Å². The van der Waals surface area contributed by atoms with Crippen LogP contribution in [0.15, 0.2) is 36.4 Å². The number of nitrogens with zero attached hydrogens (tertiary/aromatic N) is 1. The minimum atomic E-state index is -0.582. The monoisotopic (exact) mass is 418 g/mol. The van der Waals surface area contributed by atoms with Gasteiger partial charge in [0.2, 0.25) is 0 Å². The molecular weight excluding hydrogens is 396 g/mol. The van der Waals surface area contributed by atoms with Gasteiger partial charge in [-0.15, -0.1) is 6.58 Å². The lowest BCUT2D eigenvalue weighted by Crippen LogP contribution is -2.53. The van der Waals surface area contributed by atoms with Gasteiger partial charge >= 0.3 is 5.97 Å². The topological polar surface area (TPSA) is 94.2 Å². The highest BCUT2D eigenvalue weighted by atomic mass is 32.1. The van der Waals surface area contributed by atoms with Gasteiger partial charge in [-0.1, -0.05) is 12.1 Å². The van der Waals surface area contributed by atoms with Crippen LogP contribution in [0.4, 0.5) is 0 Å². The molecule has 0 unspecified atom stereocenters. The lowest BCUT2D eigenvalue weighted by atomic mass is 10.1. The van der Waals surface area contributed by atoms with Gasteiger partial charge in [-0.3, -0.25) is 19.8 Å². The fourth-order valence-corrected chi connectivity index (χ4v) is 2.75. The third-order valence-electron chi connectivity index (χ3n) is 3.73. The van der Waals surface area contributed by atoms with E-state index in [4.69, 9.17) is 26.4 Å². The van der Waals surface area contributed by atoms with E-state index in [2.05, 4.69) is 11.9 Å². The molecule has 1 aromatic carbocycles. The summed E-state index contributed by atoms with van der Waals surface area (Å²) >= 11 is 5.03. The van der Waals surface area contributed by atoms with E-state index in [0.29, 0.717) is 23.7 Å². The molecule has 2 amide bonds. The first-order valence-electron chi connectivity index (χ1n) is 8.96. The number of carbonyl (C=O) groups excluding carboxylic acids is 3. The molecule has 154 valence electrons. The van der Waals surface area contributed by atoms with Crippen molar-refractivity contribution in [2.45, 2.75) is 13.8 Å². The van der Waals surface area contributed by atoms with Crippen molar-refractivity contribution in [2.75, 3.05) is 26.4 Å². The van der Waals surface area contributed by atoms with Gasteiger partial charge in [-0.05, 0) is 49.8 Å². The third kappa shape index (κ3) is 5.64. The van der Waals surface area contributed by atoms with E-state index in [-0.39, 0.29) is 30.4 Å². The van der Waals surface area contributed by atoms with Crippen molar-refractivity contribution in [3.8, 4) is 11.5 Å². The zero-order valence-corrected chi connectivity index (χ0v) is 17.0. The Bertz CT molecular complexity index is 865. The first kappa shape index (κ1) is 22.1. The molecule has 0 bridgehead atoms. The Morgan fingerprint density at radius 2 is 1.97 bits per heavy atom. The van der Waals surface area contributed by atoms with Crippen LogP contribution in [-0.4, -0.2) is 54.2 Å². The number of thiocarbonyl (C=S) groups is 1. The maximum atomic E-state index is 12.6. The normalized spacial score (nSPS) is 15.2. The molecule has 1 aliphatic rings. The molecule has 0 aliphatic carbocycles.